The molecule has 1 aromatic rings. The zero-order chi connectivity index (χ0) is 15.5. The standard InChI is InChI=1S/C17H25NO3/c1-4-13-5-9-15(10-6-13)21-11-17(16(19)20,14-7-8-14)18-12(2)3/h5-6,9-10,12,14,18H,4,7-8,11H2,1-3H3,(H,19,20). The van der Waals surface area contributed by atoms with E-state index in [0.717, 1.165) is 25.0 Å². The van der Waals surface area contributed by atoms with Crippen molar-refractivity contribution in [3.05, 3.63) is 29.8 Å². The maximum Gasteiger partial charge on any atom is 0.327 e. The Bertz CT molecular complexity index is 479. The van der Waals surface area contributed by atoms with E-state index >= 15 is 0 Å². The lowest BCUT2D eigenvalue weighted by Crippen LogP contribution is -2.60. The van der Waals surface area contributed by atoms with Crippen LogP contribution in [0, 0.1) is 5.92 Å². The topological polar surface area (TPSA) is 58.6 Å². The van der Waals surface area contributed by atoms with E-state index in [-0.39, 0.29) is 18.6 Å². The van der Waals surface area contributed by atoms with E-state index in [9.17, 15) is 9.90 Å². The quantitative estimate of drug-likeness (QED) is 0.773. The van der Waals surface area contributed by atoms with Crippen molar-refractivity contribution in [1.82, 2.24) is 5.32 Å². The van der Waals surface area contributed by atoms with Crippen molar-refractivity contribution in [3.8, 4) is 5.75 Å². The number of carboxylic acids is 1. The van der Waals surface area contributed by atoms with E-state index < -0.39 is 11.5 Å². The minimum atomic E-state index is -0.975. The SMILES string of the molecule is CCc1ccc(OCC(NC(C)C)(C(=O)O)C2CC2)cc1. The molecule has 1 saturated carbocycles. The van der Waals surface area contributed by atoms with Crippen LogP contribution in [0.1, 0.15) is 39.2 Å². The molecule has 0 saturated heterocycles. The zero-order valence-electron chi connectivity index (χ0n) is 13.1. The summed E-state index contributed by atoms with van der Waals surface area (Å²) in [6.45, 7) is 6.20. The van der Waals surface area contributed by atoms with Gasteiger partial charge in [-0.1, -0.05) is 19.1 Å². The van der Waals surface area contributed by atoms with Crippen LogP contribution in [0.2, 0.25) is 0 Å². The monoisotopic (exact) mass is 291 g/mol. The van der Waals surface area contributed by atoms with Gasteiger partial charge in [0.1, 0.15) is 12.4 Å². The number of benzene rings is 1. The van der Waals surface area contributed by atoms with Crippen LogP contribution in [-0.4, -0.2) is 29.3 Å². The Hall–Kier alpha value is -1.55. The van der Waals surface area contributed by atoms with Crippen LogP contribution in [0.5, 0.6) is 5.75 Å². The Labute approximate surface area is 126 Å². The molecule has 1 aromatic carbocycles. The van der Waals surface area contributed by atoms with Crippen molar-refractivity contribution in [1.29, 1.82) is 0 Å². The van der Waals surface area contributed by atoms with Gasteiger partial charge in [0.05, 0.1) is 0 Å². The lowest BCUT2D eigenvalue weighted by molar-refractivity contribution is -0.148. The van der Waals surface area contributed by atoms with Crippen LogP contribution in [0.25, 0.3) is 0 Å². The van der Waals surface area contributed by atoms with Gasteiger partial charge >= 0.3 is 5.97 Å². The molecule has 0 spiro atoms. The van der Waals surface area contributed by atoms with Crippen molar-refractivity contribution < 1.29 is 14.6 Å². The molecule has 116 valence electrons. The summed E-state index contributed by atoms with van der Waals surface area (Å²) in [5.41, 5.74) is 0.270. The van der Waals surface area contributed by atoms with E-state index in [2.05, 4.69) is 12.2 Å². The number of carbonyl (C=O) groups is 1. The van der Waals surface area contributed by atoms with Gasteiger partial charge in [0.25, 0.3) is 0 Å². The predicted octanol–water partition coefficient (Wildman–Crippen LogP) is 2.86. The Kier molecular flexibility index (Phi) is 4.88. The first-order valence-electron chi connectivity index (χ1n) is 7.70. The summed E-state index contributed by atoms with van der Waals surface area (Å²) in [6, 6.07) is 7.96. The van der Waals surface area contributed by atoms with Gasteiger partial charge in [-0.15, -0.1) is 0 Å². The third-order valence-corrected chi connectivity index (χ3v) is 4.00. The van der Waals surface area contributed by atoms with Gasteiger partial charge in [-0.25, -0.2) is 0 Å². The second-order valence-corrected chi connectivity index (χ2v) is 6.14. The number of aliphatic carboxylic acids is 1. The average molecular weight is 291 g/mol. The van der Waals surface area contributed by atoms with Crippen LogP contribution in [0.3, 0.4) is 0 Å². The highest BCUT2D eigenvalue weighted by molar-refractivity contribution is 5.80. The normalized spacial score (nSPS) is 17.5. The first-order valence-corrected chi connectivity index (χ1v) is 7.70. The first-order chi connectivity index (χ1) is 9.98. The number of nitrogens with one attached hydrogen (secondary N) is 1. The fourth-order valence-corrected chi connectivity index (χ4v) is 2.69. The number of aryl methyl sites for hydroxylation is 1. The van der Waals surface area contributed by atoms with E-state index in [1.165, 1.54) is 5.56 Å². The molecule has 0 aliphatic heterocycles. The van der Waals surface area contributed by atoms with Crippen LogP contribution in [0.4, 0.5) is 0 Å². The predicted molar refractivity (Wildman–Crippen MR) is 82.7 cm³/mol. The van der Waals surface area contributed by atoms with Gasteiger partial charge in [-0.3, -0.25) is 10.1 Å². The molecule has 0 aromatic heterocycles. The van der Waals surface area contributed by atoms with Crippen LogP contribution >= 0.6 is 0 Å². The minimum absolute atomic E-state index is 0.104. The summed E-state index contributed by atoms with van der Waals surface area (Å²) in [4.78, 5) is 11.8. The molecule has 1 fully saturated rings. The number of hydrogen-bond acceptors (Lipinski definition) is 3. The fourth-order valence-electron chi connectivity index (χ4n) is 2.69. The summed E-state index contributed by atoms with van der Waals surface area (Å²) in [7, 11) is 0. The highest BCUT2D eigenvalue weighted by atomic mass is 16.5. The molecule has 1 aliphatic carbocycles. The second-order valence-electron chi connectivity index (χ2n) is 6.14. The van der Waals surface area contributed by atoms with Gasteiger partial charge < -0.3 is 9.84 Å². The summed E-state index contributed by atoms with van der Waals surface area (Å²) in [5.74, 6) is 0.0697. The van der Waals surface area contributed by atoms with Crippen molar-refractivity contribution in [2.24, 2.45) is 5.92 Å². The highest BCUT2D eigenvalue weighted by Gasteiger charge is 2.52. The van der Waals surface area contributed by atoms with Gasteiger partial charge in [-0.2, -0.15) is 0 Å². The van der Waals surface area contributed by atoms with Crippen molar-refractivity contribution >= 4 is 5.97 Å². The molecule has 1 atom stereocenters. The summed E-state index contributed by atoms with van der Waals surface area (Å²) >= 11 is 0. The fraction of sp³-hybridized carbons (Fsp3) is 0.588. The van der Waals surface area contributed by atoms with E-state index in [4.69, 9.17) is 4.74 Å². The highest BCUT2D eigenvalue weighted by Crippen LogP contribution is 2.40. The number of hydrogen-bond donors (Lipinski definition) is 2. The van der Waals surface area contributed by atoms with Gasteiger partial charge in [0.2, 0.25) is 0 Å². The van der Waals surface area contributed by atoms with Crippen molar-refractivity contribution in [3.63, 3.8) is 0 Å². The zero-order valence-corrected chi connectivity index (χ0v) is 13.1. The second kappa shape index (κ2) is 6.48. The summed E-state index contributed by atoms with van der Waals surface area (Å²) in [6.07, 6.45) is 2.88. The summed E-state index contributed by atoms with van der Waals surface area (Å²) < 4.78 is 5.79. The molecule has 21 heavy (non-hydrogen) atoms. The average Bonchev–Trinajstić information content (AvgIpc) is 3.28. The molecule has 4 heteroatoms. The Balaban J connectivity index is 2.09. The van der Waals surface area contributed by atoms with E-state index in [1.807, 2.05) is 38.1 Å². The molecule has 0 bridgehead atoms. The summed E-state index contributed by atoms with van der Waals surface area (Å²) in [5, 5.41) is 12.9. The van der Waals surface area contributed by atoms with Gasteiger partial charge in [0, 0.05) is 6.04 Å². The molecule has 1 unspecified atom stereocenters. The molecule has 2 N–H and O–H groups in total. The Morgan fingerprint density at radius 1 is 1.38 bits per heavy atom. The molecular weight excluding hydrogens is 266 g/mol. The number of rotatable bonds is 8. The van der Waals surface area contributed by atoms with E-state index in [0.29, 0.717) is 0 Å². The molecule has 1 aliphatic rings. The Morgan fingerprint density at radius 3 is 2.43 bits per heavy atom. The molecule has 0 radical (unpaired) electrons. The Morgan fingerprint density at radius 2 is 2.00 bits per heavy atom. The van der Waals surface area contributed by atoms with Crippen molar-refractivity contribution in [2.75, 3.05) is 6.61 Å². The maximum absolute atomic E-state index is 11.8. The molecule has 0 heterocycles. The number of carboxylic acid groups (broad SMARTS) is 1. The third-order valence-electron chi connectivity index (χ3n) is 4.00. The lowest BCUT2D eigenvalue weighted by Gasteiger charge is -2.32. The molecular formula is C17H25NO3. The van der Waals surface area contributed by atoms with Crippen LogP contribution in [0.15, 0.2) is 24.3 Å². The molecule has 0 amide bonds. The number of ether oxygens (including phenoxy) is 1. The molecule has 4 nitrogen and oxygen atoms in total. The maximum atomic E-state index is 11.8. The van der Waals surface area contributed by atoms with Gasteiger partial charge in [0.15, 0.2) is 5.54 Å². The molecule has 2 rings (SSSR count). The largest absolute Gasteiger partial charge is 0.491 e. The minimum Gasteiger partial charge on any atom is -0.491 e. The van der Waals surface area contributed by atoms with Crippen LogP contribution in [-0.2, 0) is 11.2 Å². The van der Waals surface area contributed by atoms with Gasteiger partial charge in [-0.05, 0) is 56.7 Å². The first kappa shape index (κ1) is 15.8. The third kappa shape index (κ3) is 3.76. The van der Waals surface area contributed by atoms with E-state index in [1.54, 1.807) is 0 Å². The smallest absolute Gasteiger partial charge is 0.327 e. The van der Waals surface area contributed by atoms with Crippen molar-refractivity contribution in [2.45, 2.75) is 51.6 Å². The lowest BCUT2D eigenvalue weighted by atomic mass is 9.93. The van der Waals surface area contributed by atoms with Crippen LogP contribution < -0.4 is 10.1 Å².